The maximum Gasteiger partial charge on any atom is 0.308 e. The van der Waals surface area contributed by atoms with E-state index in [9.17, 15) is 14.7 Å². The van der Waals surface area contributed by atoms with Crippen LogP contribution in [0, 0.1) is 5.92 Å². The van der Waals surface area contributed by atoms with Crippen LogP contribution < -0.4 is 9.47 Å². The molecule has 3 rings (SSSR count). The van der Waals surface area contributed by atoms with Crippen LogP contribution in [0.2, 0.25) is 0 Å². The first-order valence-electron chi connectivity index (χ1n) is 13.1. The van der Waals surface area contributed by atoms with Gasteiger partial charge in [0.2, 0.25) is 12.7 Å². The van der Waals surface area contributed by atoms with E-state index in [2.05, 4.69) is 25.7 Å². The SMILES string of the molecule is CCCCC[C@@H]1[C@@H](C(=O)O)[C@H](c2ccc3c(c2)OCO3)CN1CC(=O)N(CCCC)CCCC. The van der Waals surface area contributed by atoms with E-state index in [0.29, 0.717) is 18.0 Å². The summed E-state index contributed by atoms with van der Waals surface area (Å²) in [6.07, 6.45) is 8.00. The Morgan fingerprint density at radius 2 is 1.68 bits per heavy atom. The zero-order valence-electron chi connectivity index (χ0n) is 21.1. The van der Waals surface area contributed by atoms with Crippen LogP contribution in [0.4, 0.5) is 0 Å². The molecule has 0 aliphatic carbocycles. The van der Waals surface area contributed by atoms with E-state index in [1.807, 2.05) is 23.1 Å². The number of carboxylic acids is 1. The first kappa shape index (κ1) is 26.3. The molecule has 1 amide bonds. The van der Waals surface area contributed by atoms with Gasteiger partial charge in [-0.1, -0.05) is 58.9 Å². The minimum atomic E-state index is -0.784. The number of unbranched alkanes of at least 4 members (excludes halogenated alkanes) is 4. The van der Waals surface area contributed by atoms with Crippen LogP contribution in [0.15, 0.2) is 18.2 Å². The molecule has 1 aromatic carbocycles. The van der Waals surface area contributed by atoms with Gasteiger partial charge in [-0.2, -0.15) is 0 Å². The van der Waals surface area contributed by atoms with Crippen molar-refractivity contribution in [2.24, 2.45) is 5.92 Å². The number of aliphatic carboxylic acids is 1. The van der Waals surface area contributed by atoms with E-state index in [4.69, 9.17) is 9.47 Å². The topological polar surface area (TPSA) is 79.3 Å². The largest absolute Gasteiger partial charge is 0.481 e. The molecule has 190 valence electrons. The van der Waals surface area contributed by atoms with Crippen molar-refractivity contribution in [2.45, 2.75) is 84.1 Å². The van der Waals surface area contributed by atoms with E-state index in [0.717, 1.165) is 70.0 Å². The smallest absolute Gasteiger partial charge is 0.308 e. The van der Waals surface area contributed by atoms with Gasteiger partial charge in [-0.3, -0.25) is 14.5 Å². The van der Waals surface area contributed by atoms with E-state index in [1.165, 1.54) is 0 Å². The third-order valence-corrected chi connectivity index (χ3v) is 7.22. The highest BCUT2D eigenvalue weighted by Gasteiger charge is 2.47. The molecule has 0 aromatic heterocycles. The summed E-state index contributed by atoms with van der Waals surface area (Å²) in [4.78, 5) is 30.0. The number of amides is 1. The van der Waals surface area contributed by atoms with Crippen molar-refractivity contribution in [2.75, 3.05) is 33.0 Å². The number of benzene rings is 1. The average molecular weight is 475 g/mol. The molecule has 1 saturated heterocycles. The van der Waals surface area contributed by atoms with Gasteiger partial charge in [0.1, 0.15) is 0 Å². The zero-order valence-corrected chi connectivity index (χ0v) is 21.1. The lowest BCUT2D eigenvalue weighted by Gasteiger charge is -2.29. The second-order valence-electron chi connectivity index (χ2n) is 9.66. The maximum absolute atomic E-state index is 13.4. The van der Waals surface area contributed by atoms with Gasteiger partial charge >= 0.3 is 5.97 Å². The van der Waals surface area contributed by atoms with Crippen molar-refractivity contribution in [3.05, 3.63) is 23.8 Å². The molecule has 7 nitrogen and oxygen atoms in total. The molecule has 1 N–H and O–H groups in total. The van der Waals surface area contributed by atoms with E-state index < -0.39 is 11.9 Å². The molecule has 0 saturated carbocycles. The van der Waals surface area contributed by atoms with Gasteiger partial charge in [-0.15, -0.1) is 0 Å². The Bertz CT molecular complexity index is 806. The number of carboxylic acid groups (broad SMARTS) is 1. The average Bonchev–Trinajstić information content (AvgIpc) is 3.43. The molecular weight excluding hydrogens is 432 g/mol. The van der Waals surface area contributed by atoms with Gasteiger partial charge in [0.15, 0.2) is 11.5 Å². The fourth-order valence-corrected chi connectivity index (χ4v) is 5.27. The Balaban J connectivity index is 1.82. The van der Waals surface area contributed by atoms with E-state index in [1.54, 1.807) is 0 Å². The summed E-state index contributed by atoms with van der Waals surface area (Å²) in [5.74, 6) is -0.0339. The van der Waals surface area contributed by atoms with Crippen molar-refractivity contribution < 1.29 is 24.2 Å². The van der Waals surface area contributed by atoms with Crippen LogP contribution in [0.5, 0.6) is 11.5 Å². The number of hydrogen-bond donors (Lipinski definition) is 1. The summed E-state index contributed by atoms with van der Waals surface area (Å²) in [6, 6.07) is 5.60. The number of rotatable bonds is 14. The highest BCUT2D eigenvalue weighted by molar-refractivity contribution is 5.79. The molecule has 7 heteroatoms. The first-order chi connectivity index (χ1) is 16.5. The van der Waals surface area contributed by atoms with Crippen molar-refractivity contribution >= 4 is 11.9 Å². The van der Waals surface area contributed by atoms with Gasteiger partial charge in [-0.25, -0.2) is 0 Å². The minimum absolute atomic E-state index is 0.123. The van der Waals surface area contributed by atoms with Crippen LogP contribution in [0.25, 0.3) is 0 Å². The van der Waals surface area contributed by atoms with Crippen LogP contribution in [-0.4, -0.2) is 65.8 Å². The number of hydrogen-bond acceptors (Lipinski definition) is 5. The molecule has 0 radical (unpaired) electrons. The molecule has 2 heterocycles. The van der Waals surface area contributed by atoms with Crippen LogP contribution in [-0.2, 0) is 9.59 Å². The summed E-state index contributed by atoms with van der Waals surface area (Å²) in [5.41, 5.74) is 0.945. The Morgan fingerprint density at radius 1 is 1.00 bits per heavy atom. The van der Waals surface area contributed by atoms with Crippen molar-refractivity contribution in [1.82, 2.24) is 9.80 Å². The Morgan fingerprint density at radius 3 is 2.32 bits per heavy atom. The minimum Gasteiger partial charge on any atom is -0.481 e. The highest BCUT2D eigenvalue weighted by Crippen LogP contribution is 2.43. The fourth-order valence-electron chi connectivity index (χ4n) is 5.27. The predicted octanol–water partition coefficient (Wildman–Crippen LogP) is 4.89. The Labute approximate surface area is 204 Å². The second kappa shape index (κ2) is 13.0. The Hall–Kier alpha value is -2.28. The molecule has 1 aromatic rings. The monoisotopic (exact) mass is 474 g/mol. The third-order valence-electron chi connectivity index (χ3n) is 7.22. The van der Waals surface area contributed by atoms with Gasteiger partial charge in [0.25, 0.3) is 0 Å². The number of fused-ring (bicyclic) bond motifs is 1. The lowest BCUT2D eigenvalue weighted by Crippen LogP contribution is -2.44. The quantitative estimate of drug-likeness (QED) is 0.387. The van der Waals surface area contributed by atoms with Crippen molar-refractivity contribution in [3.8, 4) is 11.5 Å². The molecule has 0 unspecified atom stereocenters. The van der Waals surface area contributed by atoms with Gasteiger partial charge in [0, 0.05) is 31.6 Å². The highest BCUT2D eigenvalue weighted by atomic mass is 16.7. The predicted molar refractivity (Wildman–Crippen MR) is 132 cm³/mol. The number of nitrogens with zero attached hydrogens (tertiary/aromatic N) is 2. The van der Waals surface area contributed by atoms with Crippen molar-refractivity contribution in [3.63, 3.8) is 0 Å². The van der Waals surface area contributed by atoms with Gasteiger partial charge < -0.3 is 19.5 Å². The molecule has 0 bridgehead atoms. The van der Waals surface area contributed by atoms with Gasteiger partial charge in [0.05, 0.1) is 12.5 Å². The summed E-state index contributed by atoms with van der Waals surface area (Å²) < 4.78 is 11.0. The third kappa shape index (κ3) is 6.44. The molecule has 0 spiro atoms. The van der Waals surface area contributed by atoms with E-state index in [-0.39, 0.29) is 31.2 Å². The standard InChI is InChI=1S/C27H42N2O5/c1-4-7-10-11-22-26(27(31)32)21(20-12-13-23-24(16-20)34-19-33-23)17-29(22)18-25(30)28(14-8-5-2)15-9-6-3/h12-13,16,21-22,26H,4-11,14-15,17-19H2,1-3H3,(H,31,32)/t21-,22+,26-/m0/s1. The van der Waals surface area contributed by atoms with Crippen LogP contribution in [0.1, 0.15) is 83.6 Å². The second-order valence-corrected chi connectivity index (χ2v) is 9.66. The van der Waals surface area contributed by atoms with Crippen LogP contribution >= 0.6 is 0 Å². The lowest BCUT2D eigenvalue weighted by molar-refractivity contribution is -0.143. The van der Waals surface area contributed by atoms with Crippen LogP contribution in [0.3, 0.4) is 0 Å². The van der Waals surface area contributed by atoms with Crippen molar-refractivity contribution in [1.29, 1.82) is 0 Å². The van der Waals surface area contributed by atoms with E-state index >= 15 is 0 Å². The Kier molecular flexibility index (Phi) is 10.1. The number of carbonyl (C=O) groups excluding carboxylic acids is 1. The summed E-state index contributed by atoms with van der Waals surface area (Å²) >= 11 is 0. The normalized spacial score (nSPS) is 21.7. The van der Waals surface area contributed by atoms with Gasteiger partial charge in [-0.05, 0) is 37.0 Å². The maximum atomic E-state index is 13.4. The number of likely N-dealkylation sites (tertiary alicyclic amines) is 1. The molecule has 3 atom stereocenters. The number of ether oxygens (including phenoxy) is 2. The summed E-state index contributed by atoms with van der Waals surface area (Å²) in [6.45, 7) is 9.02. The molecular formula is C27H42N2O5. The first-order valence-corrected chi connectivity index (χ1v) is 13.1. The molecule has 2 aliphatic rings. The zero-order chi connectivity index (χ0) is 24.5. The fraction of sp³-hybridized carbons (Fsp3) is 0.704. The molecule has 1 fully saturated rings. The molecule has 34 heavy (non-hydrogen) atoms. The lowest BCUT2D eigenvalue weighted by atomic mass is 9.83. The summed E-state index contributed by atoms with van der Waals surface area (Å²) in [7, 11) is 0. The molecule has 2 aliphatic heterocycles. The number of carbonyl (C=O) groups is 2. The summed E-state index contributed by atoms with van der Waals surface area (Å²) in [5, 5.41) is 10.3.